The number of sulfonamides is 1. The third-order valence-corrected chi connectivity index (χ3v) is 8.13. The average molecular weight is 435 g/mol. The molecular formula is C24H26N4O2S. The number of fused-ring (bicyclic) bond motifs is 1. The van der Waals surface area contributed by atoms with Gasteiger partial charge in [-0.15, -0.1) is 0 Å². The Balaban J connectivity index is 1.31. The summed E-state index contributed by atoms with van der Waals surface area (Å²) in [4.78, 5) is 0. The smallest absolute Gasteiger partial charge is 0.218 e. The van der Waals surface area contributed by atoms with E-state index in [1.807, 2.05) is 49.6 Å². The number of H-pyrrole nitrogens is 1. The second kappa shape index (κ2) is 7.98. The molecule has 1 aliphatic rings. The summed E-state index contributed by atoms with van der Waals surface area (Å²) in [6.45, 7) is 3.41. The molecule has 2 aromatic heterocycles. The SMILES string of the molecule is C[C@H]1CC(Cn2ccc3cc(-c4cn[nH]c4)ccc32)CN1S(=O)(=O)Cc1ccccc1. The van der Waals surface area contributed by atoms with Crippen LogP contribution in [0.4, 0.5) is 0 Å². The first-order valence-electron chi connectivity index (χ1n) is 10.6. The van der Waals surface area contributed by atoms with Crippen molar-refractivity contribution in [1.29, 1.82) is 0 Å². The Bertz CT molecular complexity index is 1280. The number of nitrogens with zero attached hydrogens (tertiary/aromatic N) is 3. The molecule has 5 rings (SSSR count). The summed E-state index contributed by atoms with van der Waals surface area (Å²) >= 11 is 0. The van der Waals surface area contributed by atoms with Gasteiger partial charge < -0.3 is 4.57 Å². The summed E-state index contributed by atoms with van der Waals surface area (Å²) in [6, 6.07) is 18.0. The lowest BCUT2D eigenvalue weighted by molar-refractivity contribution is 0.399. The maximum atomic E-state index is 13.0. The molecule has 7 heteroatoms. The van der Waals surface area contributed by atoms with Crippen molar-refractivity contribution in [3.63, 3.8) is 0 Å². The van der Waals surface area contributed by atoms with Gasteiger partial charge in [0.25, 0.3) is 0 Å². The summed E-state index contributed by atoms with van der Waals surface area (Å²) in [6.07, 6.45) is 6.70. The Labute approximate surface area is 182 Å². The van der Waals surface area contributed by atoms with Gasteiger partial charge in [0.15, 0.2) is 0 Å². The maximum Gasteiger partial charge on any atom is 0.218 e. The third kappa shape index (κ3) is 4.03. The number of nitrogens with one attached hydrogen (secondary N) is 1. The molecule has 0 amide bonds. The van der Waals surface area contributed by atoms with Gasteiger partial charge in [-0.05, 0) is 48.6 Å². The molecule has 31 heavy (non-hydrogen) atoms. The lowest BCUT2D eigenvalue weighted by Gasteiger charge is -2.21. The summed E-state index contributed by atoms with van der Waals surface area (Å²) in [7, 11) is -3.33. The maximum absolute atomic E-state index is 13.0. The fourth-order valence-corrected chi connectivity index (χ4v) is 6.57. The predicted octanol–water partition coefficient (Wildman–Crippen LogP) is 4.27. The first-order chi connectivity index (χ1) is 15.0. The second-order valence-electron chi connectivity index (χ2n) is 8.49. The second-order valence-corrected chi connectivity index (χ2v) is 10.4. The number of hydrogen-bond acceptors (Lipinski definition) is 3. The van der Waals surface area contributed by atoms with Crippen molar-refractivity contribution < 1.29 is 8.42 Å². The van der Waals surface area contributed by atoms with E-state index in [0.29, 0.717) is 12.5 Å². The molecule has 1 unspecified atom stereocenters. The topological polar surface area (TPSA) is 71.0 Å². The normalized spacial score (nSPS) is 19.9. The summed E-state index contributed by atoms with van der Waals surface area (Å²) in [5.41, 5.74) is 4.21. The third-order valence-electron chi connectivity index (χ3n) is 6.21. The number of hydrogen-bond donors (Lipinski definition) is 1. The van der Waals surface area contributed by atoms with Gasteiger partial charge in [-0.1, -0.05) is 36.4 Å². The van der Waals surface area contributed by atoms with Crippen molar-refractivity contribution in [2.75, 3.05) is 6.54 Å². The van der Waals surface area contributed by atoms with E-state index in [0.717, 1.165) is 29.7 Å². The predicted molar refractivity (Wildman–Crippen MR) is 123 cm³/mol. The Hall–Kier alpha value is -2.90. The minimum absolute atomic E-state index is 0.0215. The molecule has 1 fully saturated rings. The van der Waals surface area contributed by atoms with Crippen LogP contribution >= 0.6 is 0 Å². The van der Waals surface area contributed by atoms with Crippen molar-refractivity contribution in [2.24, 2.45) is 5.92 Å². The molecule has 2 aromatic carbocycles. The number of aromatic nitrogens is 3. The zero-order valence-corrected chi connectivity index (χ0v) is 18.3. The highest BCUT2D eigenvalue weighted by Gasteiger charge is 2.37. The van der Waals surface area contributed by atoms with E-state index in [1.165, 1.54) is 10.9 Å². The Morgan fingerprint density at radius 3 is 2.71 bits per heavy atom. The van der Waals surface area contributed by atoms with E-state index in [1.54, 1.807) is 4.31 Å². The van der Waals surface area contributed by atoms with E-state index in [9.17, 15) is 8.42 Å². The highest BCUT2D eigenvalue weighted by atomic mass is 32.2. The van der Waals surface area contributed by atoms with Gasteiger partial charge in [-0.2, -0.15) is 9.40 Å². The molecule has 1 N–H and O–H groups in total. The first kappa shape index (κ1) is 20.0. The van der Waals surface area contributed by atoms with E-state index in [-0.39, 0.29) is 11.8 Å². The largest absolute Gasteiger partial charge is 0.347 e. The lowest BCUT2D eigenvalue weighted by atomic mass is 10.1. The molecule has 0 radical (unpaired) electrons. The van der Waals surface area contributed by atoms with E-state index in [2.05, 4.69) is 45.2 Å². The molecule has 0 bridgehead atoms. The number of benzene rings is 2. The van der Waals surface area contributed by atoms with Crippen molar-refractivity contribution in [1.82, 2.24) is 19.1 Å². The van der Waals surface area contributed by atoms with Crippen LogP contribution in [-0.4, -0.2) is 40.1 Å². The summed E-state index contributed by atoms with van der Waals surface area (Å²) in [5, 5.41) is 8.06. The van der Waals surface area contributed by atoms with Crippen molar-refractivity contribution in [3.8, 4) is 11.1 Å². The molecule has 160 valence electrons. The van der Waals surface area contributed by atoms with Gasteiger partial charge >= 0.3 is 0 Å². The average Bonchev–Trinajstić information content (AvgIpc) is 3.49. The van der Waals surface area contributed by atoms with Crippen LogP contribution in [0, 0.1) is 5.92 Å². The van der Waals surface area contributed by atoms with Crippen LogP contribution in [0.3, 0.4) is 0 Å². The number of aromatic amines is 1. The quantitative estimate of drug-likeness (QED) is 0.493. The highest BCUT2D eigenvalue weighted by Crippen LogP contribution is 2.31. The van der Waals surface area contributed by atoms with E-state index in [4.69, 9.17) is 0 Å². The molecule has 1 aliphatic heterocycles. The molecule has 1 saturated heterocycles. The molecule has 6 nitrogen and oxygen atoms in total. The molecule has 0 saturated carbocycles. The zero-order valence-electron chi connectivity index (χ0n) is 17.5. The van der Waals surface area contributed by atoms with Crippen molar-refractivity contribution >= 4 is 20.9 Å². The molecule has 0 spiro atoms. The Morgan fingerprint density at radius 2 is 1.94 bits per heavy atom. The van der Waals surface area contributed by atoms with Crippen LogP contribution in [-0.2, 0) is 22.3 Å². The standard InChI is InChI=1S/C24H26N4O2S/c1-18-11-20(16-28(18)31(29,30)17-19-5-3-2-4-6-19)15-27-10-9-22-12-21(7-8-24(22)27)23-13-25-26-14-23/h2-10,12-14,18,20H,11,15-17H2,1H3,(H,25,26)/t18-,20?/m0/s1. The van der Waals surface area contributed by atoms with Crippen molar-refractivity contribution in [3.05, 3.63) is 78.8 Å². The van der Waals surface area contributed by atoms with E-state index >= 15 is 0 Å². The van der Waals surface area contributed by atoms with Crippen LogP contribution in [0.15, 0.2) is 73.2 Å². The van der Waals surface area contributed by atoms with Crippen LogP contribution in [0.1, 0.15) is 18.9 Å². The van der Waals surface area contributed by atoms with Gasteiger partial charge in [0.1, 0.15) is 0 Å². The van der Waals surface area contributed by atoms with Gasteiger partial charge in [0, 0.05) is 48.0 Å². The minimum Gasteiger partial charge on any atom is -0.347 e. The Morgan fingerprint density at radius 1 is 1.10 bits per heavy atom. The highest BCUT2D eigenvalue weighted by molar-refractivity contribution is 7.88. The van der Waals surface area contributed by atoms with Crippen LogP contribution in [0.5, 0.6) is 0 Å². The fraction of sp³-hybridized carbons (Fsp3) is 0.292. The molecular weight excluding hydrogens is 408 g/mol. The van der Waals surface area contributed by atoms with Gasteiger partial charge in [0.05, 0.1) is 11.9 Å². The summed E-state index contributed by atoms with van der Waals surface area (Å²) < 4.78 is 30.0. The molecule has 3 heterocycles. The van der Waals surface area contributed by atoms with Gasteiger partial charge in [0.2, 0.25) is 10.0 Å². The number of rotatable bonds is 6. The summed E-state index contributed by atoms with van der Waals surface area (Å²) in [5.74, 6) is 0.360. The Kier molecular flexibility index (Phi) is 5.16. The lowest BCUT2D eigenvalue weighted by Crippen LogP contribution is -2.35. The first-order valence-corrected chi connectivity index (χ1v) is 12.2. The van der Waals surface area contributed by atoms with Crippen LogP contribution < -0.4 is 0 Å². The minimum atomic E-state index is -3.33. The van der Waals surface area contributed by atoms with Crippen LogP contribution in [0.25, 0.3) is 22.0 Å². The molecule has 0 aliphatic carbocycles. The van der Waals surface area contributed by atoms with Crippen LogP contribution in [0.2, 0.25) is 0 Å². The monoisotopic (exact) mass is 434 g/mol. The van der Waals surface area contributed by atoms with Gasteiger partial charge in [-0.3, -0.25) is 5.10 Å². The van der Waals surface area contributed by atoms with Gasteiger partial charge in [-0.25, -0.2) is 8.42 Å². The molecule has 2 atom stereocenters. The van der Waals surface area contributed by atoms with Crippen molar-refractivity contribution in [2.45, 2.75) is 31.7 Å². The fourth-order valence-electron chi connectivity index (χ4n) is 4.72. The van der Waals surface area contributed by atoms with E-state index < -0.39 is 10.0 Å². The molecule has 4 aromatic rings. The zero-order chi connectivity index (χ0) is 21.4.